The van der Waals surface area contributed by atoms with E-state index in [-0.39, 0.29) is 17.5 Å². The van der Waals surface area contributed by atoms with Crippen LogP contribution in [0.3, 0.4) is 0 Å². The first kappa shape index (κ1) is 14.5. The number of carboxylic acids is 1. The van der Waals surface area contributed by atoms with Gasteiger partial charge < -0.3 is 10.4 Å². The van der Waals surface area contributed by atoms with Crippen molar-refractivity contribution in [2.24, 2.45) is 17.8 Å². The largest absolute Gasteiger partial charge is 0.476 e. The van der Waals surface area contributed by atoms with E-state index < -0.39 is 5.97 Å². The Morgan fingerprint density at radius 1 is 1.33 bits per heavy atom. The van der Waals surface area contributed by atoms with E-state index in [9.17, 15) is 9.59 Å². The lowest BCUT2D eigenvalue weighted by atomic mass is 9.85. The molecule has 0 aromatic carbocycles. The molecule has 2 N–H and O–H groups in total. The van der Waals surface area contributed by atoms with Crippen LogP contribution in [0.4, 0.5) is 0 Å². The van der Waals surface area contributed by atoms with Crippen molar-refractivity contribution >= 4 is 23.2 Å². The highest BCUT2D eigenvalue weighted by Gasteiger charge is 2.47. The van der Waals surface area contributed by atoms with E-state index in [1.165, 1.54) is 48.8 Å². The number of carboxylic acid groups (broad SMARTS) is 1. The van der Waals surface area contributed by atoms with Crippen LogP contribution in [-0.2, 0) is 11.3 Å². The normalized spacial score (nSPS) is 25.5. The van der Waals surface area contributed by atoms with Gasteiger partial charge in [0.25, 0.3) is 0 Å². The maximum atomic E-state index is 12.1. The van der Waals surface area contributed by atoms with Gasteiger partial charge in [-0.15, -0.1) is 11.3 Å². The number of rotatable bonds is 5. The number of carbonyl (C=O) groups is 2. The van der Waals surface area contributed by atoms with Gasteiger partial charge in [0, 0.05) is 11.3 Å². The summed E-state index contributed by atoms with van der Waals surface area (Å²) in [6, 6.07) is 0. The maximum Gasteiger partial charge on any atom is 0.355 e. The van der Waals surface area contributed by atoms with Gasteiger partial charge in [-0.3, -0.25) is 4.79 Å². The predicted molar refractivity (Wildman–Crippen MR) is 79.1 cm³/mol. The third-order valence-corrected chi connectivity index (χ3v) is 5.47. The van der Waals surface area contributed by atoms with Crippen LogP contribution in [-0.4, -0.2) is 22.0 Å². The number of hydrogen-bond donors (Lipinski definition) is 2. The van der Waals surface area contributed by atoms with Crippen LogP contribution < -0.4 is 5.32 Å². The van der Waals surface area contributed by atoms with Crippen LogP contribution in [0.5, 0.6) is 0 Å². The van der Waals surface area contributed by atoms with E-state index in [4.69, 9.17) is 5.11 Å². The van der Waals surface area contributed by atoms with Gasteiger partial charge in [0.2, 0.25) is 5.91 Å². The molecule has 0 unspecified atom stereocenters. The van der Waals surface area contributed by atoms with E-state index in [0.29, 0.717) is 17.5 Å². The van der Waals surface area contributed by atoms with Crippen molar-refractivity contribution < 1.29 is 14.7 Å². The standard InChI is InChI=1S/C15H20N2O3S/c18-14(11-6-10(11)9-4-2-1-3-5-9)16-7-13-17-12(8-21-13)15(19)20/h8-11H,1-7H2,(H,16,18)(H,19,20)/t10-,11-/m1/s1. The summed E-state index contributed by atoms with van der Waals surface area (Å²) in [5.74, 6) is 0.581. The molecule has 1 aromatic heterocycles. The van der Waals surface area contributed by atoms with Crippen LogP contribution in [0.15, 0.2) is 5.38 Å². The molecule has 2 fully saturated rings. The second-order valence-corrected chi connectivity index (χ2v) is 7.00. The molecule has 1 heterocycles. The van der Waals surface area contributed by atoms with E-state index in [1.807, 2.05) is 0 Å². The van der Waals surface area contributed by atoms with Crippen molar-refractivity contribution in [3.05, 3.63) is 16.1 Å². The van der Waals surface area contributed by atoms with Crippen molar-refractivity contribution in [2.75, 3.05) is 0 Å². The number of aromatic carboxylic acids is 1. The highest BCUT2D eigenvalue weighted by Crippen LogP contribution is 2.49. The zero-order valence-electron chi connectivity index (χ0n) is 11.9. The summed E-state index contributed by atoms with van der Waals surface area (Å²) in [4.78, 5) is 26.8. The van der Waals surface area contributed by atoms with Gasteiger partial charge in [0.1, 0.15) is 5.01 Å². The molecule has 21 heavy (non-hydrogen) atoms. The number of amides is 1. The Bertz CT molecular complexity index is 537. The molecule has 3 rings (SSSR count). The first-order valence-corrected chi connectivity index (χ1v) is 8.48. The van der Waals surface area contributed by atoms with Crippen LogP contribution in [0.2, 0.25) is 0 Å². The minimum Gasteiger partial charge on any atom is -0.476 e. The summed E-state index contributed by atoms with van der Waals surface area (Å²) in [5.41, 5.74) is 0.0516. The van der Waals surface area contributed by atoms with Crippen molar-refractivity contribution in [3.63, 3.8) is 0 Å². The molecule has 0 saturated heterocycles. The fourth-order valence-electron chi connectivity index (χ4n) is 3.38. The fourth-order valence-corrected chi connectivity index (χ4v) is 4.09. The molecule has 0 spiro atoms. The zero-order chi connectivity index (χ0) is 14.8. The first-order chi connectivity index (χ1) is 10.1. The van der Waals surface area contributed by atoms with E-state index in [1.54, 1.807) is 0 Å². The Kier molecular flexibility index (Phi) is 4.24. The Morgan fingerprint density at radius 3 is 2.76 bits per heavy atom. The molecular formula is C15H20N2O3S. The molecule has 2 aliphatic carbocycles. The highest BCUT2D eigenvalue weighted by atomic mass is 32.1. The molecule has 0 radical (unpaired) electrons. The molecule has 1 amide bonds. The Hall–Kier alpha value is -1.43. The number of thiazole rings is 1. The lowest BCUT2D eigenvalue weighted by Gasteiger charge is -2.21. The smallest absolute Gasteiger partial charge is 0.355 e. The molecule has 6 heteroatoms. The van der Waals surface area contributed by atoms with Crippen LogP contribution in [0.25, 0.3) is 0 Å². The third kappa shape index (κ3) is 3.43. The van der Waals surface area contributed by atoms with Crippen molar-refractivity contribution in [1.29, 1.82) is 0 Å². The minimum atomic E-state index is -1.02. The molecular weight excluding hydrogens is 288 g/mol. The fraction of sp³-hybridized carbons (Fsp3) is 0.667. The summed E-state index contributed by atoms with van der Waals surface area (Å²) in [7, 11) is 0. The summed E-state index contributed by atoms with van der Waals surface area (Å²) in [5, 5.41) is 13.9. The number of aromatic nitrogens is 1. The second kappa shape index (κ2) is 6.13. The number of carbonyl (C=O) groups excluding carboxylic acids is 1. The molecule has 2 aliphatic rings. The average molecular weight is 308 g/mol. The highest BCUT2D eigenvalue weighted by molar-refractivity contribution is 7.09. The van der Waals surface area contributed by atoms with Crippen LogP contribution >= 0.6 is 11.3 Å². The molecule has 1 aromatic rings. The zero-order valence-corrected chi connectivity index (χ0v) is 12.7. The molecule has 2 atom stereocenters. The van der Waals surface area contributed by atoms with E-state index >= 15 is 0 Å². The third-order valence-electron chi connectivity index (χ3n) is 4.62. The van der Waals surface area contributed by atoms with Gasteiger partial charge in [-0.2, -0.15) is 0 Å². The molecule has 0 bridgehead atoms. The Labute approximate surface area is 127 Å². The van der Waals surface area contributed by atoms with Crippen molar-refractivity contribution in [1.82, 2.24) is 10.3 Å². The summed E-state index contributed by atoms with van der Waals surface area (Å²) in [6.07, 6.45) is 7.55. The summed E-state index contributed by atoms with van der Waals surface area (Å²) < 4.78 is 0. The number of hydrogen-bond acceptors (Lipinski definition) is 4. The minimum absolute atomic E-state index is 0.0516. The maximum absolute atomic E-state index is 12.1. The van der Waals surface area contributed by atoms with Gasteiger partial charge in [-0.05, 0) is 18.3 Å². The van der Waals surface area contributed by atoms with Gasteiger partial charge in [0.15, 0.2) is 5.69 Å². The quantitative estimate of drug-likeness (QED) is 0.876. The average Bonchev–Trinajstić information content (AvgIpc) is 3.15. The van der Waals surface area contributed by atoms with Gasteiger partial charge in [0.05, 0.1) is 6.54 Å². The molecule has 5 nitrogen and oxygen atoms in total. The van der Waals surface area contributed by atoms with Crippen LogP contribution in [0, 0.1) is 17.8 Å². The van der Waals surface area contributed by atoms with E-state index in [0.717, 1.165) is 12.3 Å². The summed E-state index contributed by atoms with van der Waals surface area (Å²) >= 11 is 1.27. The second-order valence-electron chi connectivity index (χ2n) is 6.05. The van der Waals surface area contributed by atoms with Gasteiger partial charge >= 0.3 is 5.97 Å². The van der Waals surface area contributed by atoms with Crippen LogP contribution in [0.1, 0.15) is 54.0 Å². The van der Waals surface area contributed by atoms with Crippen molar-refractivity contribution in [3.8, 4) is 0 Å². The SMILES string of the molecule is O=C(O)c1csc(CNC(=O)[C@@H]2C[C@@H]2C2CCCCC2)n1. The first-order valence-electron chi connectivity index (χ1n) is 7.60. The number of nitrogens with zero attached hydrogens (tertiary/aromatic N) is 1. The molecule has 114 valence electrons. The predicted octanol–water partition coefficient (Wildman–Crippen LogP) is 2.67. The monoisotopic (exact) mass is 308 g/mol. The summed E-state index contributed by atoms with van der Waals surface area (Å²) in [6.45, 7) is 0.338. The Morgan fingerprint density at radius 2 is 2.10 bits per heavy atom. The lowest BCUT2D eigenvalue weighted by molar-refractivity contribution is -0.123. The van der Waals surface area contributed by atoms with Crippen molar-refractivity contribution in [2.45, 2.75) is 45.1 Å². The lowest BCUT2D eigenvalue weighted by Crippen LogP contribution is -2.26. The van der Waals surface area contributed by atoms with E-state index in [2.05, 4.69) is 10.3 Å². The van der Waals surface area contributed by atoms with Gasteiger partial charge in [-0.1, -0.05) is 32.1 Å². The Balaban J connectivity index is 1.45. The molecule has 2 saturated carbocycles. The number of nitrogens with one attached hydrogen (secondary N) is 1. The van der Waals surface area contributed by atoms with Gasteiger partial charge in [-0.25, -0.2) is 9.78 Å². The topological polar surface area (TPSA) is 79.3 Å². The molecule has 0 aliphatic heterocycles.